The van der Waals surface area contributed by atoms with E-state index in [2.05, 4.69) is 14.4 Å². The smallest absolute Gasteiger partial charge is 0.175 e. The number of rotatable bonds is 1. The lowest BCUT2D eigenvalue weighted by atomic mass is 10.4. The third-order valence-corrected chi connectivity index (χ3v) is 2.02. The third-order valence-electron chi connectivity index (χ3n) is 1.23. The minimum atomic E-state index is -0.00694. The molecule has 0 fully saturated rings. The summed E-state index contributed by atoms with van der Waals surface area (Å²) < 4.78 is 3.96. The number of aliphatic imine (C=N–C) groups is 2. The first-order valence-corrected chi connectivity index (χ1v) is 3.70. The van der Waals surface area contributed by atoms with Crippen molar-refractivity contribution in [2.24, 2.45) is 9.98 Å². The zero-order chi connectivity index (χ0) is 6.81. The Hall–Kier alpha value is -1.03. The second-order valence-electron chi connectivity index (χ2n) is 1.88. The lowest BCUT2D eigenvalue weighted by molar-refractivity contribution is 0.821. The molecule has 2 rings (SSSR count). The molecule has 4 heteroatoms. The summed E-state index contributed by atoms with van der Waals surface area (Å²) in [5, 5.41) is 0. The van der Waals surface area contributed by atoms with Gasteiger partial charge in [0.25, 0.3) is 0 Å². The molecule has 0 saturated carbocycles. The first-order chi connectivity index (χ1) is 4.97. The molecule has 0 N–H and O–H groups in total. The van der Waals surface area contributed by atoms with E-state index in [0.29, 0.717) is 0 Å². The fraction of sp³-hybridized carbons (Fsp3) is 0.167. The molecule has 1 aliphatic rings. The second-order valence-corrected chi connectivity index (χ2v) is 2.75. The van der Waals surface area contributed by atoms with Gasteiger partial charge in [-0.25, -0.2) is 4.37 Å². The zero-order valence-electron chi connectivity index (χ0n) is 5.14. The number of hydrogen-bond acceptors (Lipinski definition) is 4. The largest absolute Gasteiger partial charge is 0.259 e. The van der Waals surface area contributed by atoms with Crippen LogP contribution in [-0.4, -0.2) is 16.8 Å². The summed E-state index contributed by atoms with van der Waals surface area (Å²) in [6.07, 6.45) is 5.19. The Kier molecular flexibility index (Phi) is 1.32. The van der Waals surface area contributed by atoms with Crippen LogP contribution in [0.15, 0.2) is 22.2 Å². The van der Waals surface area contributed by atoms with Gasteiger partial charge in [-0.1, -0.05) is 0 Å². The van der Waals surface area contributed by atoms with Crippen LogP contribution >= 0.6 is 11.5 Å². The molecule has 50 valence electrons. The molecule has 0 spiro atoms. The van der Waals surface area contributed by atoms with Crippen molar-refractivity contribution in [1.29, 1.82) is 0 Å². The van der Waals surface area contributed by atoms with E-state index in [9.17, 15) is 0 Å². The molecule has 0 unspecified atom stereocenters. The number of aromatic nitrogens is 1. The molecule has 3 nitrogen and oxygen atoms in total. The van der Waals surface area contributed by atoms with Crippen molar-refractivity contribution in [3.8, 4) is 0 Å². The van der Waals surface area contributed by atoms with Crippen LogP contribution in [0.4, 0.5) is 0 Å². The van der Waals surface area contributed by atoms with E-state index < -0.39 is 0 Å². The maximum atomic E-state index is 4.10. The summed E-state index contributed by atoms with van der Waals surface area (Å²) in [7, 11) is 0. The molecule has 2 heterocycles. The van der Waals surface area contributed by atoms with Gasteiger partial charge in [0.15, 0.2) is 6.17 Å². The highest BCUT2D eigenvalue weighted by Crippen LogP contribution is 2.22. The average molecular weight is 151 g/mol. The first-order valence-electron chi connectivity index (χ1n) is 2.92. The molecule has 1 aromatic heterocycles. The maximum absolute atomic E-state index is 4.10. The Morgan fingerprint density at radius 3 is 2.70 bits per heavy atom. The molecule has 10 heavy (non-hydrogen) atoms. The summed E-state index contributed by atoms with van der Waals surface area (Å²) in [5.41, 5.74) is 0. The summed E-state index contributed by atoms with van der Waals surface area (Å²) in [6.45, 7) is 0. The van der Waals surface area contributed by atoms with Crippen LogP contribution < -0.4 is 0 Å². The summed E-state index contributed by atoms with van der Waals surface area (Å²) in [6, 6.07) is 1.94. The van der Waals surface area contributed by atoms with E-state index >= 15 is 0 Å². The van der Waals surface area contributed by atoms with Crippen molar-refractivity contribution < 1.29 is 0 Å². The Balaban J connectivity index is 2.29. The standard InChI is InChI=1S/C6H5N3S/c1-2-9-10-5(1)6-7-3-4-8-6/h1-4,6H. The molecule has 0 aliphatic carbocycles. The lowest BCUT2D eigenvalue weighted by Crippen LogP contribution is -1.80. The fourth-order valence-corrected chi connectivity index (χ4v) is 1.37. The highest BCUT2D eigenvalue weighted by Gasteiger charge is 2.09. The molecule has 0 saturated heterocycles. The van der Waals surface area contributed by atoms with Crippen molar-refractivity contribution in [1.82, 2.24) is 4.37 Å². The van der Waals surface area contributed by atoms with Gasteiger partial charge in [-0.3, -0.25) is 9.98 Å². The molecule has 1 aromatic rings. The zero-order valence-corrected chi connectivity index (χ0v) is 5.95. The van der Waals surface area contributed by atoms with E-state index in [4.69, 9.17) is 0 Å². The van der Waals surface area contributed by atoms with E-state index in [-0.39, 0.29) is 6.17 Å². The highest BCUT2D eigenvalue weighted by molar-refractivity contribution is 7.05. The van der Waals surface area contributed by atoms with Crippen LogP contribution in [-0.2, 0) is 0 Å². The van der Waals surface area contributed by atoms with E-state index in [1.807, 2.05) is 6.07 Å². The number of nitrogens with zero attached hydrogens (tertiary/aromatic N) is 3. The van der Waals surface area contributed by atoms with Crippen LogP contribution in [0.5, 0.6) is 0 Å². The van der Waals surface area contributed by atoms with Gasteiger partial charge in [0, 0.05) is 18.6 Å². The van der Waals surface area contributed by atoms with Gasteiger partial charge in [-0.05, 0) is 17.6 Å². The molecule has 0 atom stereocenters. The molecule has 0 aromatic carbocycles. The fourth-order valence-electron chi connectivity index (χ4n) is 0.784. The van der Waals surface area contributed by atoms with Gasteiger partial charge in [-0.15, -0.1) is 0 Å². The molecule has 0 bridgehead atoms. The minimum Gasteiger partial charge on any atom is -0.259 e. The van der Waals surface area contributed by atoms with Gasteiger partial charge in [-0.2, -0.15) is 0 Å². The predicted molar refractivity (Wildman–Crippen MR) is 41.8 cm³/mol. The van der Waals surface area contributed by atoms with Crippen LogP contribution in [0, 0.1) is 0 Å². The quantitative estimate of drug-likeness (QED) is 0.596. The van der Waals surface area contributed by atoms with E-state index in [0.717, 1.165) is 4.88 Å². The number of hydrogen-bond donors (Lipinski definition) is 0. The Morgan fingerprint density at radius 1 is 1.30 bits per heavy atom. The lowest BCUT2D eigenvalue weighted by Gasteiger charge is -1.95. The third kappa shape index (κ3) is 0.863. The van der Waals surface area contributed by atoms with E-state index in [1.165, 1.54) is 11.5 Å². The topological polar surface area (TPSA) is 37.6 Å². The Bertz CT molecular complexity index is 251. The van der Waals surface area contributed by atoms with Crippen LogP contribution in [0.3, 0.4) is 0 Å². The summed E-state index contributed by atoms with van der Waals surface area (Å²) in [5.74, 6) is 0. The van der Waals surface area contributed by atoms with Gasteiger partial charge < -0.3 is 0 Å². The Labute approximate surface area is 62.3 Å². The van der Waals surface area contributed by atoms with Crippen molar-refractivity contribution >= 4 is 24.0 Å². The van der Waals surface area contributed by atoms with E-state index in [1.54, 1.807) is 18.6 Å². The van der Waals surface area contributed by atoms with Gasteiger partial charge in [0.1, 0.15) is 0 Å². The van der Waals surface area contributed by atoms with Crippen LogP contribution in [0.1, 0.15) is 11.0 Å². The Morgan fingerprint density at radius 2 is 2.10 bits per heavy atom. The van der Waals surface area contributed by atoms with Gasteiger partial charge >= 0.3 is 0 Å². The van der Waals surface area contributed by atoms with Crippen molar-refractivity contribution in [3.63, 3.8) is 0 Å². The van der Waals surface area contributed by atoms with Crippen molar-refractivity contribution in [2.45, 2.75) is 6.17 Å². The highest BCUT2D eigenvalue weighted by atomic mass is 32.1. The van der Waals surface area contributed by atoms with Crippen LogP contribution in [0.2, 0.25) is 0 Å². The molecule has 0 amide bonds. The molecule has 1 aliphatic heterocycles. The summed E-state index contributed by atoms with van der Waals surface area (Å²) in [4.78, 5) is 9.30. The monoisotopic (exact) mass is 151 g/mol. The average Bonchev–Trinajstić information content (AvgIpc) is 2.59. The van der Waals surface area contributed by atoms with Crippen LogP contribution in [0.25, 0.3) is 0 Å². The maximum Gasteiger partial charge on any atom is 0.175 e. The minimum absolute atomic E-state index is 0.00694. The molecular weight excluding hydrogens is 146 g/mol. The van der Waals surface area contributed by atoms with Crippen molar-refractivity contribution in [3.05, 3.63) is 17.1 Å². The van der Waals surface area contributed by atoms with Crippen molar-refractivity contribution in [2.75, 3.05) is 0 Å². The molecular formula is C6H5N3S. The van der Waals surface area contributed by atoms with Gasteiger partial charge in [0.05, 0.1) is 4.88 Å². The predicted octanol–water partition coefficient (Wildman–Crippen LogP) is 1.30. The second kappa shape index (κ2) is 2.30. The summed E-state index contributed by atoms with van der Waals surface area (Å²) >= 11 is 1.44. The SMILES string of the molecule is C1=NC(c2ccns2)N=C1. The van der Waals surface area contributed by atoms with Gasteiger partial charge in [0.2, 0.25) is 0 Å². The molecule has 0 radical (unpaired) electrons. The first kappa shape index (κ1) is 5.73. The normalized spacial score (nSPS) is 16.8.